The topological polar surface area (TPSA) is 0 Å². The zero-order valence-electron chi connectivity index (χ0n) is 7.92. The Hall–Kier alpha value is 0.490. The van der Waals surface area contributed by atoms with E-state index in [2.05, 4.69) is 47.1 Å². The Balaban J connectivity index is 2.25. The SMILES string of the molecule is CCCC[Te]Cc1ccc(Br)cc1. The third-order valence-electron chi connectivity index (χ3n) is 1.82. The van der Waals surface area contributed by atoms with Gasteiger partial charge in [0.15, 0.2) is 0 Å². The van der Waals surface area contributed by atoms with E-state index in [0.29, 0.717) is 0 Å². The van der Waals surface area contributed by atoms with Gasteiger partial charge in [0, 0.05) is 0 Å². The van der Waals surface area contributed by atoms with Gasteiger partial charge in [-0.3, -0.25) is 0 Å². The van der Waals surface area contributed by atoms with E-state index in [1.54, 1.807) is 0 Å². The molecule has 1 aromatic carbocycles. The number of unbranched alkanes of at least 4 members (excludes halogenated alkanes) is 1. The number of hydrogen-bond donors (Lipinski definition) is 0. The van der Waals surface area contributed by atoms with Gasteiger partial charge in [0.2, 0.25) is 0 Å². The van der Waals surface area contributed by atoms with Crippen LogP contribution in [0.5, 0.6) is 0 Å². The van der Waals surface area contributed by atoms with Crippen LogP contribution in [0.15, 0.2) is 28.7 Å². The van der Waals surface area contributed by atoms with E-state index in [-0.39, 0.29) is 20.9 Å². The molecule has 0 bridgehead atoms. The van der Waals surface area contributed by atoms with E-state index in [0.717, 1.165) is 0 Å². The van der Waals surface area contributed by atoms with Crippen LogP contribution in [-0.4, -0.2) is 20.9 Å². The molecule has 0 aliphatic carbocycles. The summed E-state index contributed by atoms with van der Waals surface area (Å²) < 4.78 is 4.04. The fraction of sp³-hybridized carbons (Fsp3) is 0.455. The summed E-state index contributed by atoms with van der Waals surface area (Å²) in [5, 5.41) is 0. The molecular weight excluding hydrogens is 340 g/mol. The van der Waals surface area contributed by atoms with Crippen molar-refractivity contribution in [3.05, 3.63) is 34.3 Å². The van der Waals surface area contributed by atoms with Crippen molar-refractivity contribution in [2.45, 2.75) is 28.7 Å². The average molecular weight is 355 g/mol. The van der Waals surface area contributed by atoms with E-state index in [1.165, 1.54) is 31.8 Å². The Kier molecular flexibility index (Phi) is 6.11. The summed E-state index contributed by atoms with van der Waals surface area (Å²) in [6.45, 7) is 2.27. The van der Waals surface area contributed by atoms with Crippen molar-refractivity contribution in [1.29, 1.82) is 0 Å². The molecule has 0 heterocycles. The first-order valence-electron chi connectivity index (χ1n) is 4.65. The summed E-state index contributed by atoms with van der Waals surface area (Å²) >= 11 is 3.70. The van der Waals surface area contributed by atoms with Gasteiger partial charge in [-0.1, -0.05) is 0 Å². The van der Waals surface area contributed by atoms with Crippen LogP contribution in [0.1, 0.15) is 25.3 Å². The Bertz CT molecular complexity index is 230. The Morgan fingerprint density at radius 2 is 1.92 bits per heavy atom. The number of hydrogen-bond acceptors (Lipinski definition) is 0. The van der Waals surface area contributed by atoms with E-state index >= 15 is 0 Å². The first kappa shape index (κ1) is 11.6. The molecule has 1 rings (SSSR count). The minimum atomic E-state index is 0.248. The van der Waals surface area contributed by atoms with Gasteiger partial charge in [-0.05, 0) is 0 Å². The molecule has 0 nitrogen and oxygen atoms in total. The van der Waals surface area contributed by atoms with Crippen molar-refractivity contribution in [1.82, 2.24) is 0 Å². The third kappa shape index (κ3) is 5.05. The van der Waals surface area contributed by atoms with E-state index in [4.69, 9.17) is 0 Å². The van der Waals surface area contributed by atoms with Crippen LogP contribution in [-0.2, 0) is 4.47 Å². The van der Waals surface area contributed by atoms with Crippen molar-refractivity contribution < 1.29 is 0 Å². The van der Waals surface area contributed by atoms with Gasteiger partial charge < -0.3 is 0 Å². The monoisotopic (exact) mass is 356 g/mol. The maximum atomic E-state index is 3.45. The molecule has 0 unspecified atom stereocenters. The molecule has 0 saturated heterocycles. The summed E-state index contributed by atoms with van der Waals surface area (Å²) in [6, 6.07) is 8.76. The zero-order valence-corrected chi connectivity index (χ0v) is 11.8. The molecule has 0 N–H and O–H groups in total. The van der Waals surface area contributed by atoms with Crippen molar-refractivity contribution in [2.24, 2.45) is 0 Å². The van der Waals surface area contributed by atoms with Crippen LogP contribution in [0.2, 0.25) is 4.47 Å². The van der Waals surface area contributed by atoms with Gasteiger partial charge in [-0.2, -0.15) is 0 Å². The Morgan fingerprint density at radius 3 is 2.54 bits per heavy atom. The van der Waals surface area contributed by atoms with Crippen LogP contribution in [0.25, 0.3) is 0 Å². The van der Waals surface area contributed by atoms with E-state index in [9.17, 15) is 0 Å². The standard InChI is InChI=1S/C11H15BrTe/c1-2-3-8-13-9-10-4-6-11(12)7-5-10/h4-7H,2-3,8-9H2,1H3. The quantitative estimate of drug-likeness (QED) is 0.556. The van der Waals surface area contributed by atoms with Crippen molar-refractivity contribution in [2.75, 3.05) is 0 Å². The van der Waals surface area contributed by atoms with Crippen LogP contribution in [0, 0.1) is 0 Å². The molecule has 0 fully saturated rings. The molecule has 72 valence electrons. The van der Waals surface area contributed by atoms with Gasteiger partial charge in [0.25, 0.3) is 0 Å². The first-order valence-corrected chi connectivity index (χ1v) is 8.74. The van der Waals surface area contributed by atoms with Crippen molar-refractivity contribution in [3.63, 3.8) is 0 Å². The zero-order chi connectivity index (χ0) is 9.52. The average Bonchev–Trinajstić information content (AvgIpc) is 2.15. The fourth-order valence-corrected chi connectivity index (χ4v) is 4.32. The number of benzene rings is 1. The molecule has 0 spiro atoms. The van der Waals surface area contributed by atoms with Gasteiger partial charge >= 0.3 is 99.9 Å². The summed E-state index contributed by atoms with van der Waals surface area (Å²) in [4.78, 5) is 0. The first-order chi connectivity index (χ1) is 6.33. The van der Waals surface area contributed by atoms with Crippen molar-refractivity contribution >= 4 is 36.9 Å². The Morgan fingerprint density at radius 1 is 1.23 bits per heavy atom. The molecule has 13 heavy (non-hydrogen) atoms. The second-order valence-corrected chi connectivity index (χ2v) is 7.10. The fourth-order valence-electron chi connectivity index (χ4n) is 1.02. The van der Waals surface area contributed by atoms with Crippen LogP contribution >= 0.6 is 15.9 Å². The van der Waals surface area contributed by atoms with Crippen LogP contribution < -0.4 is 0 Å². The normalized spacial score (nSPS) is 10.3. The van der Waals surface area contributed by atoms with Crippen molar-refractivity contribution in [3.8, 4) is 0 Å². The second kappa shape index (κ2) is 6.87. The second-order valence-electron chi connectivity index (χ2n) is 3.03. The van der Waals surface area contributed by atoms with Crippen LogP contribution in [0.3, 0.4) is 0 Å². The summed E-state index contributed by atoms with van der Waals surface area (Å²) in [6.07, 6.45) is 2.78. The molecule has 0 aliphatic rings. The summed E-state index contributed by atoms with van der Waals surface area (Å²) in [5.41, 5.74) is 1.52. The number of rotatable bonds is 5. The van der Waals surface area contributed by atoms with Gasteiger partial charge in [0.05, 0.1) is 0 Å². The molecule has 0 radical (unpaired) electrons. The molecule has 0 saturated carbocycles. The van der Waals surface area contributed by atoms with E-state index < -0.39 is 0 Å². The van der Waals surface area contributed by atoms with E-state index in [1.807, 2.05) is 0 Å². The predicted molar refractivity (Wildman–Crippen MR) is 63.3 cm³/mol. The molecule has 0 atom stereocenters. The Labute approximate surface area is 99.3 Å². The van der Waals surface area contributed by atoms with Gasteiger partial charge in [0.1, 0.15) is 0 Å². The molecular formula is C11H15BrTe. The molecule has 0 amide bonds. The molecule has 0 aliphatic heterocycles. The van der Waals surface area contributed by atoms with Gasteiger partial charge in [-0.25, -0.2) is 0 Å². The molecule has 0 aromatic heterocycles. The number of halogens is 1. The van der Waals surface area contributed by atoms with Crippen LogP contribution in [0.4, 0.5) is 0 Å². The molecule has 2 heteroatoms. The third-order valence-corrected chi connectivity index (χ3v) is 5.53. The minimum absolute atomic E-state index is 0.248. The predicted octanol–water partition coefficient (Wildman–Crippen LogP) is 3.87. The summed E-state index contributed by atoms with van der Waals surface area (Å²) in [7, 11) is 0. The maximum absolute atomic E-state index is 3.45. The van der Waals surface area contributed by atoms with Gasteiger partial charge in [-0.15, -0.1) is 0 Å². The summed E-state index contributed by atoms with van der Waals surface area (Å²) in [5.74, 6) is 0. The molecule has 1 aromatic rings.